The number of hydrogen-bond acceptors (Lipinski definition) is 3. The van der Waals surface area contributed by atoms with Gasteiger partial charge in [0.1, 0.15) is 12.4 Å². The minimum atomic E-state index is -0.118. The van der Waals surface area contributed by atoms with Crippen LogP contribution in [0.1, 0.15) is 11.5 Å². The van der Waals surface area contributed by atoms with Crippen LogP contribution < -0.4 is 10.1 Å². The fourth-order valence-electron chi connectivity index (χ4n) is 1.93. The van der Waals surface area contributed by atoms with Gasteiger partial charge in [0, 0.05) is 13.1 Å². The van der Waals surface area contributed by atoms with E-state index in [-0.39, 0.29) is 5.92 Å². The molecule has 0 heterocycles. The molecule has 1 atom stereocenters. The first-order valence-corrected chi connectivity index (χ1v) is 6.73. The summed E-state index contributed by atoms with van der Waals surface area (Å²) in [6.45, 7) is 1.95. The van der Waals surface area contributed by atoms with Crippen molar-refractivity contribution in [3.05, 3.63) is 66.2 Å². The van der Waals surface area contributed by atoms with Crippen LogP contribution >= 0.6 is 0 Å². The first kappa shape index (κ1) is 14.1. The SMILES string of the molecule is N#CC(CNCCOc1ccccc1)c1ccccc1. The second-order valence-corrected chi connectivity index (χ2v) is 4.46. The van der Waals surface area contributed by atoms with Crippen LogP contribution in [0.5, 0.6) is 5.75 Å². The van der Waals surface area contributed by atoms with Crippen molar-refractivity contribution >= 4 is 0 Å². The number of ether oxygens (including phenoxy) is 1. The maximum absolute atomic E-state index is 9.19. The van der Waals surface area contributed by atoms with Gasteiger partial charge in [-0.2, -0.15) is 5.26 Å². The molecule has 0 aromatic heterocycles. The van der Waals surface area contributed by atoms with Gasteiger partial charge in [0.25, 0.3) is 0 Å². The van der Waals surface area contributed by atoms with Crippen LogP contribution in [0.4, 0.5) is 0 Å². The number of nitrogens with one attached hydrogen (secondary N) is 1. The van der Waals surface area contributed by atoms with Crippen molar-refractivity contribution in [3.8, 4) is 11.8 Å². The second-order valence-electron chi connectivity index (χ2n) is 4.46. The monoisotopic (exact) mass is 266 g/mol. The van der Waals surface area contributed by atoms with Gasteiger partial charge in [-0.1, -0.05) is 48.5 Å². The molecule has 0 amide bonds. The predicted molar refractivity (Wildman–Crippen MR) is 79.6 cm³/mol. The first-order chi connectivity index (χ1) is 9.90. The second kappa shape index (κ2) is 7.98. The van der Waals surface area contributed by atoms with E-state index in [1.165, 1.54) is 0 Å². The molecule has 1 N–H and O–H groups in total. The Labute approximate surface area is 119 Å². The lowest BCUT2D eigenvalue weighted by atomic mass is 10.0. The van der Waals surface area contributed by atoms with E-state index in [2.05, 4.69) is 11.4 Å². The quantitative estimate of drug-likeness (QED) is 0.784. The summed E-state index contributed by atoms with van der Waals surface area (Å²) < 4.78 is 5.58. The van der Waals surface area contributed by atoms with Crippen molar-refractivity contribution < 1.29 is 4.74 Å². The Bertz CT molecular complexity index is 534. The van der Waals surface area contributed by atoms with Gasteiger partial charge in [0.2, 0.25) is 0 Å². The molecule has 20 heavy (non-hydrogen) atoms. The van der Waals surface area contributed by atoms with Crippen LogP contribution in [0.15, 0.2) is 60.7 Å². The van der Waals surface area contributed by atoms with Crippen molar-refractivity contribution in [1.82, 2.24) is 5.32 Å². The van der Waals surface area contributed by atoms with Gasteiger partial charge >= 0.3 is 0 Å². The third-order valence-electron chi connectivity index (χ3n) is 3.00. The van der Waals surface area contributed by atoms with Crippen LogP contribution in [-0.4, -0.2) is 19.7 Å². The van der Waals surface area contributed by atoms with Gasteiger partial charge in [-0.3, -0.25) is 0 Å². The fraction of sp³-hybridized carbons (Fsp3) is 0.235. The van der Waals surface area contributed by atoms with E-state index >= 15 is 0 Å². The highest BCUT2D eigenvalue weighted by molar-refractivity contribution is 5.25. The van der Waals surface area contributed by atoms with Crippen molar-refractivity contribution in [2.45, 2.75) is 5.92 Å². The molecule has 0 saturated heterocycles. The Morgan fingerprint density at radius 3 is 2.30 bits per heavy atom. The molecule has 2 aromatic rings. The molecule has 0 radical (unpaired) electrons. The summed E-state index contributed by atoms with van der Waals surface area (Å²) in [5.74, 6) is 0.752. The highest BCUT2D eigenvalue weighted by atomic mass is 16.5. The smallest absolute Gasteiger partial charge is 0.119 e. The molecule has 0 saturated carbocycles. The van der Waals surface area contributed by atoms with Gasteiger partial charge in [0.15, 0.2) is 0 Å². The predicted octanol–water partition coefficient (Wildman–Crippen LogP) is 2.96. The molecule has 0 spiro atoms. The Morgan fingerprint density at radius 1 is 1.00 bits per heavy atom. The largest absolute Gasteiger partial charge is 0.492 e. The summed E-state index contributed by atoms with van der Waals surface area (Å²) in [6.07, 6.45) is 0. The number of para-hydroxylation sites is 1. The van der Waals surface area contributed by atoms with Gasteiger partial charge in [0.05, 0.1) is 12.0 Å². The van der Waals surface area contributed by atoms with Gasteiger partial charge in [-0.05, 0) is 17.7 Å². The zero-order chi connectivity index (χ0) is 14.0. The van der Waals surface area contributed by atoms with Crippen molar-refractivity contribution in [1.29, 1.82) is 5.26 Å². The highest BCUT2D eigenvalue weighted by Gasteiger charge is 2.08. The molecule has 2 aromatic carbocycles. The molecular weight excluding hydrogens is 248 g/mol. The molecule has 3 nitrogen and oxygen atoms in total. The average molecular weight is 266 g/mol. The number of nitriles is 1. The molecular formula is C17H18N2O. The summed E-state index contributed by atoms with van der Waals surface area (Å²) in [5, 5.41) is 12.5. The molecule has 102 valence electrons. The van der Waals surface area contributed by atoms with Crippen molar-refractivity contribution in [2.24, 2.45) is 0 Å². The topological polar surface area (TPSA) is 45.0 Å². The van der Waals surface area contributed by atoms with E-state index in [4.69, 9.17) is 4.74 Å². The van der Waals surface area contributed by atoms with Gasteiger partial charge < -0.3 is 10.1 Å². The van der Waals surface area contributed by atoms with Crippen LogP contribution in [-0.2, 0) is 0 Å². The minimum Gasteiger partial charge on any atom is -0.492 e. The number of benzene rings is 2. The highest BCUT2D eigenvalue weighted by Crippen LogP contribution is 2.13. The van der Waals surface area contributed by atoms with Gasteiger partial charge in [-0.25, -0.2) is 0 Å². The number of hydrogen-bond donors (Lipinski definition) is 1. The van der Waals surface area contributed by atoms with E-state index in [1.54, 1.807) is 0 Å². The van der Waals surface area contributed by atoms with E-state index in [1.807, 2.05) is 60.7 Å². The summed E-state index contributed by atoms with van der Waals surface area (Å²) in [5.41, 5.74) is 1.05. The molecule has 0 aliphatic carbocycles. The maximum atomic E-state index is 9.19. The molecule has 3 heteroatoms. The number of nitrogens with zero attached hydrogens (tertiary/aromatic N) is 1. The molecule has 2 rings (SSSR count). The Balaban J connectivity index is 1.69. The van der Waals surface area contributed by atoms with E-state index in [9.17, 15) is 5.26 Å². The summed E-state index contributed by atoms with van der Waals surface area (Å²) in [7, 11) is 0. The summed E-state index contributed by atoms with van der Waals surface area (Å²) in [6, 6.07) is 21.9. The van der Waals surface area contributed by atoms with E-state index in [0.29, 0.717) is 13.2 Å². The molecule has 0 fully saturated rings. The lowest BCUT2D eigenvalue weighted by molar-refractivity contribution is 0.314. The van der Waals surface area contributed by atoms with Crippen molar-refractivity contribution in [2.75, 3.05) is 19.7 Å². The third kappa shape index (κ3) is 4.42. The van der Waals surface area contributed by atoms with Crippen LogP contribution in [0.3, 0.4) is 0 Å². The Kier molecular flexibility index (Phi) is 5.63. The van der Waals surface area contributed by atoms with Crippen LogP contribution in [0.2, 0.25) is 0 Å². The molecule has 0 aliphatic rings. The molecule has 1 unspecified atom stereocenters. The van der Waals surface area contributed by atoms with E-state index in [0.717, 1.165) is 17.9 Å². The Morgan fingerprint density at radius 2 is 1.65 bits per heavy atom. The van der Waals surface area contributed by atoms with Crippen molar-refractivity contribution in [3.63, 3.8) is 0 Å². The standard InChI is InChI=1S/C17H18N2O/c18-13-16(15-7-3-1-4-8-15)14-19-11-12-20-17-9-5-2-6-10-17/h1-10,16,19H,11-12,14H2. The molecule has 0 aliphatic heterocycles. The fourth-order valence-corrected chi connectivity index (χ4v) is 1.93. The van der Waals surface area contributed by atoms with Crippen LogP contribution in [0, 0.1) is 11.3 Å². The van der Waals surface area contributed by atoms with Gasteiger partial charge in [-0.15, -0.1) is 0 Å². The zero-order valence-electron chi connectivity index (χ0n) is 11.3. The summed E-state index contributed by atoms with van der Waals surface area (Å²) >= 11 is 0. The minimum absolute atomic E-state index is 0.118. The first-order valence-electron chi connectivity index (χ1n) is 6.73. The number of rotatable bonds is 7. The van der Waals surface area contributed by atoms with Crippen LogP contribution in [0.25, 0.3) is 0 Å². The average Bonchev–Trinajstić information content (AvgIpc) is 2.53. The zero-order valence-corrected chi connectivity index (χ0v) is 11.3. The maximum Gasteiger partial charge on any atom is 0.119 e. The lowest BCUT2D eigenvalue weighted by Gasteiger charge is -2.11. The van der Waals surface area contributed by atoms with E-state index < -0.39 is 0 Å². The Hall–Kier alpha value is -2.31. The summed E-state index contributed by atoms with van der Waals surface area (Å²) in [4.78, 5) is 0. The lowest BCUT2D eigenvalue weighted by Crippen LogP contribution is -2.25. The third-order valence-corrected chi connectivity index (χ3v) is 3.00. The normalized spacial score (nSPS) is 11.6. The molecule has 0 bridgehead atoms.